The molecule has 0 bridgehead atoms. The van der Waals surface area contributed by atoms with Crippen LogP contribution in [0.25, 0.3) is 33.2 Å². The minimum Gasteiger partial charge on any atom is -0.497 e. The minimum absolute atomic E-state index is 0.0444. The van der Waals surface area contributed by atoms with Gasteiger partial charge in [0.05, 0.1) is 19.2 Å². The Hall–Kier alpha value is -4.65. The Bertz CT molecular complexity index is 1740. The molecule has 6 rings (SSSR count). The highest BCUT2D eigenvalue weighted by molar-refractivity contribution is 5.95. The summed E-state index contributed by atoms with van der Waals surface area (Å²) in [7, 11) is 1.67. The van der Waals surface area contributed by atoms with Crippen molar-refractivity contribution in [2.24, 2.45) is 0 Å². The Labute approximate surface area is 207 Å². The Balaban J connectivity index is 1.46. The van der Waals surface area contributed by atoms with Crippen LogP contribution >= 0.6 is 0 Å². The van der Waals surface area contributed by atoms with E-state index in [1.165, 1.54) is 0 Å². The fraction of sp³-hybridized carbons (Fsp3) is 0.138. The monoisotopic (exact) mass is 475 g/mol. The molecule has 1 N–H and O–H groups in total. The van der Waals surface area contributed by atoms with E-state index in [2.05, 4.69) is 37.7 Å². The number of pyridine rings is 2. The van der Waals surface area contributed by atoms with E-state index in [0.717, 1.165) is 44.7 Å². The Morgan fingerprint density at radius 1 is 0.972 bits per heavy atom. The summed E-state index contributed by atoms with van der Waals surface area (Å²) in [6.45, 7) is 3.16. The van der Waals surface area contributed by atoms with Crippen molar-refractivity contribution in [2.75, 3.05) is 7.11 Å². The summed E-state index contributed by atoms with van der Waals surface area (Å²) in [6.07, 6.45) is 5.59. The Morgan fingerprint density at radius 2 is 1.75 bits per heavy atom. The predicted octanol–water partition coefficient (Wildman–Crippen LogP) is 5.15. The third kappa shape index (κ3) is 3.84. The van der Waals surface area contributed by atoms with Crippen LogP contribution in [0.15, 0.2) is 90.1 Å². The normalized spacial score (nSPS) is 11.4. The average Bonchev–Trinajstić information content (AvgIpc) is 3.52. The summed E-state index contributed by atoms with van der Waals surface area (Å²) >= 11 is 0. The summed E-state index contributed by atoms with van der Waals surface area (Å²) in [5.41, 5.74) is 6.29. The summed E-state index contributed by atoms with van der Waals surface area (Å²) in [4.78, 5) is 25.7. The van der Waals surface area contributed by atoms with E-state index in [0.29, 0.717) is 24.3 Å². The summed E-state index contributed by atoms with van der Waals surface area (Å²) in [5.74, 6) is 1.72. The van der Waals surface area contributed by atoms with E-state index in [1.54, 1.807) is 11.7 Å². The van der Waals surface area contributed by atoms with Crippen LogP contribution in [-0.2, 0) is 13.1 Å². The largest absolute Gasteiger partial charge is 0.497 e. The van der Waals surface area contributed by atoms with Crippen LogP contribution in [0, 0.1) is 6.92 Å². The van der Waals surface area contributed by atoms with Crippen molar-refractivity contribution >= 4 is 22.1 Å². The van der Waals surface area contributed by atoms with Crippen molar-refractivity contribution in [3.63, 3.8) is 0 Å². The lowest BCUT2D eigenvalue weighted by Crippen LogP contribution is -2.21. The fourth-order valence-corrected chi connectivity index (χ4v) is 4.71. The number of rotatable bonds is 6. The molecule has 0 radical (unpaired) electrons. The molecule has 0 saturated carbocycles. The number of H-pyrrole nitrogens is 1. The van der Waals surface area contributed by atoms with Crippen molar-refractivity contribution < 1.29 is 4.74 Å². The van der Waals surface area contributed by atoms with E-state index in [9.17, 15) is 4.79 Å². The third-order valence-corrected chi connectivity index (χ3v) is 6.60. The van der Waals surface area contributed by atoms with Gasteiger partial charge in [-0.05, 0) is 42.3 Å². The fourth-order valence-electron chi connectivity index (χ4n) is 4.71. The van der Waals surface area contributed by atoms with Crippen molar-refractivity contribution in [3.8, 4) is 16.9 Å². The van der Waals surface area contributed by atoms with Gasteiger partial charge in [0.25, 0.3) is 5.56 Å². The second-order valence-corrected chi connectivity index (χ2v) is 8.89. The number of hydrogen-bond acceptors (Lipinski definition) is 4. The topological polar surface area (TPSA) is 77.7 Å². The molecule has 0 amide bonds. The number of nitrogens with one attached hydrogen (secondary N) is 1. The van der Waals surface area contributed by atoms with Crippen molar-refractivity contribution in [2.45, 2.75) is 20.0 Å². The number of fused-ring (bicyclic) bond motifs is 2. The number of ether oxygens (including phenoxy) is 1. The number of methoxy groups -OCH3 is 1. The molecule has 7 nitrogen and oxygen atoms in total. The molecule has 0 aliphatic heterocycles. The van der Waals surface area contributed by atoms with Gasteiger partial charge in [0.1, 0.15) is 17.1 Å². The van der Waals surface area contributed by atoms with Crippen LogP contribution < -0.4 is 10.3 Å². The van der Waals surface area contributed by atoms with E-state index in [-0.39, 0.29) is 5.56 Å². The zero-order chi connectivity index (χ0) is 24.6. The zero-order valence-corrected chi connectivity index (χ0v) is 20.1. The van der Waals surface area contributed by atoms with Gasteiger partial charge in [0.2, 0.25) is 0 Å². The molecule has 7 heteroatoms. The highest BCUT2D eigenvalue weighted by Crippen LogP contribution is 2.29. The van der Waals surface area contributed by atoms with Crippen molar-refractivity contribution in [1.82, 2.24) is 24.1 Å². The van der Waals surface area contributed by atoms with Crippen LogP contribution in [0.1, 0.15) is 17.0 Å². The van der Waals surface area contributed by atoms with Gasteiger partial charge in [0, 0.05) is 41.6 Å². The van der Waals surface area contributed by atoms with Gasteiger partial charge in [-0.3, -0.25) is 4.79 Å². The Morgan fingerprint density at radius 3 is 2.53 bits per heavy atom. The van der Waals surface area contributed by atoms with Crippen LogP contribution in [0.3, 0.4) is 0 Å². The average molecular weight is 476 g/mol. The summed E-state index contributed by atoms with van der Waals surface area (Å²) in [5, 5.41) is 0.878. The Kier molecular flexibility index (Phi) is 5.37. The first kappa shape index (κ1) is 21.9. The molecule has 0 aliphatic rings. The lowest BCUT2D eigenvalue weighted by Gasteiger charge is -2.12. The maximum absolute atomic E-state index is 13.2. The SMILES string of the molecule is COc1ccc(Cn2c(C)nc3ncc(-c4cn(Cc5ccccc5)c(=O)c5[nH]ccc45)cc32)cc1. The van der Waals surface area contributed by atoms with Gasteiger partial charge >= 0.3 is 0 Å². The first-order valence-corrected chi connectivity index (χ1v) is 11.8. The predicted molar refractivity (Wildman–Crippen MR) is 141 cm³/mol. The molecule has 178 valence electrons. The van der Waals surface area contributed by atoms with E-state index < -0.39 is 0 Å². The molecule has 0 aliphatic carbocycles. The first-order valence-electron chi connectivity index (χ1n) is 11.8. The number of nitrogens with zero attached hydrogens (tertiary/aromatic N) is 4. The highest BCUT2D eigenvalue weighted by atomic mass is 16.5. The molecule has 2 aromatic carbocycles. The standard InChI is InChI=1S/C29H25N5O2/c1-19-32-28-26(34(19)17-21-8-10-23(36-2)11-9-21)14-22(15-31-28)25-18-33(16-20-6-4-3-5-7-20)29(35)27-24(25)12-13-30-27/h3-15,18,30H,16-17H2,1-2H3. The lowest BCUT2D eigenvalue weighted by atomic mass is 10.1. The maximum Gasteiger partial charge on any atom is 0.275 e. The number of imidazole rings is 1. The lowest BCUT2D eigenvalue weighted by molar-refractivity contribution is 0.414. The molecule has 0 fully saturated rings. The molecule has 0 atom stereocenters. The molecular weight excluding hydrogens is 450 g/mol. The smallest absolute Gasteiger partial charge is 0.275 e. The quantitative estimate of drug-likeness (QED) is 0.361. The van der Waals surface area contributed by atoms with Crippen molar-refractivity contribution in [3.05, 3.63) is 113 Å². The van der Waals surface area contributed by atoms with Gasteiger partial charge in [-0.15, -0.1) is 0 Å². The van der Waals surface area contributed by atoms with Gasteiger partial charge in [-0.2, -0.15) is 0 Å². The van der Waals surface area contributed by atoms with Crippen LogP contribution in [0.5, 0.6) is 5.75 Å². The highest BCUT2D eigenvalue weighted by Gasteiger charge is 2.15. The number of aromatic amines is 1. The van der Waals surface area contributed by atoms with Gasteiger partial charge < -0.3 is 18.9 Å². The number of benzene rings is 2. The van der Waals surface area contributed by atoms with Crippen molar-refractivity contribution in [1.29, 1.82) is 0 Å². The molecule has 0 saturated heterocycles. The number of hydrogen-bond donors (Lipinski definition) is 1. The van der Waals surface area contributed by atoms with Crippen LogP contribution in [-0.4, -0.2) is 31.2 Å². The molecule has 36 heavy (non-hydrogen) atoms. The van der Waals surface area contributed by atoms with Gasteiger partial charge in [-0.1, -0.05) is 42.5 Å². The molecular formula is C29H25N5O2. The second kappa shape index (κ2) is 8.85. The summed E-state index contributed by atoms with van der Waals surface area (Å²) < 4.78 is 9.22. The maximum atomic E-state index is 13.2. The van der Waals surface area contributed by atoms with Gasteiger partial charge in [0.15, 0.2) is 5.65 Å². The molecule has 0 unspecified atom stereocenters. The van der Waals surface area contributed by atoms with Gasteiger partial charge in [-0.25, -0.2) is 9.97 Å². The van der Waals surface area contributed by atoms with Crippen LogP contribution in [0.4, 0.5) is 0 Å². The molecule has 4 heterocycles. The molecule has 0 spiro atoms. The number of aryl methyl sites for hydroxylation is 1. The van der Waals surface area contributed by atoms with E-state index in [1.807, 2.05) is 74.0 Å². The second-order valence-electron chi connectivity index (χ2n) is 8.89. The van der Waals surface area contributed by atoms with E-state index in [4.69, 9.17) is 4.74 Å². The van der Waals surface area contributed by atoms with Crippen LogP contribution in [0.2, 0.25) is 0 Å². The molecule has 6 aromatic rings. The number of aromatic nitrogens is 5. The zero-order valence-electron chi connectivity index (χ0n) is 20.1. The molecule has 4 aromatic heterocycles. The third-order valence-electron chi connectivity index (χ3n) is 6.60. The summed E-state index contributed by atoms with van der Waals surface area (Å²) in [6, 6.07) is 22.1. The minimum atomic E-state index is -0.0444. The van der Waals surface area contributed by atoms with E-state index >= 15 is 0 Å². The first-order chi connectivity index (χ1) is 17.6.